The predicted octanol–water partition coefficient (Wildman–Crippen LogP) is 3.58. The quantitative estimate of drug-likeness (QED) is 0.433. The van der Waals surface area contributed by atoms with Gasteiger partial charge in [-0.15, -0.1) is 0 Å². The first-order valence-electron chi connectivity index (χ1n) is 7.47. The van der Waals surface area contributed by atoms with Crippen LogP contribution in [0.3, 0.4) is 0 Å². The van der Waals surface area contributed by atoms with Gasteiger partial charge in [0.05, 0.1) is 5.69 Å². The molecule has 1 N–H and O–H groups in total. The summed E-state index contributed by atoms with van der Waals surface area (Å²) < 4.78 is 40.5. The van der Waals surface area contributed by atoms with E-state index >= 15 is 0 Å². The first kappa shape index (κ1) is 20.3. The fraction of sp³-hybridized carbons (Fsp3) is 0.125. The van der Waals surface area contributed by atoms with Crippen LogP contribution in [0.5, 0.6) is 0 Å². The maximum Gasteiger partial charge on any atom is 0.435 e. The molecular weight excluding hydrogens is 440 g/mol. The molecule has 0 atom stereocenters. The van der Waals surface area contributed by atoms with Crippen molar-refractivity contribution < 1.29 is 22.8 Å². The summed E-state index contributed by atoms with van der Waals surface area (Å²) in [6, 6.07) is 5.93. The highest BCUT2D eigenvalue weighted by molar-refractivity contribution is 7.80. The molecule has 1 aromatic carbocycles. The minimum Gasteiger partial charge on any atom is -0.298 e. The molecular formula is C16H9Cl2F3N4O2S. The van der Waals surface area contributed by atoms with Crippen LogP contribution in [-0.2, 0) is 22.8 Å². The molecule has 0 spiro atoms. The second-order valence-corrected chi connectivity index (χ2v) is 6.79. The van der Waals surface area contributed by atoms with Gasteiger partial charge in [0.15, 0.2) is 10.8 Å². The monoisotopic (exact) mass is 448 g/mol. The second-order valence-electron chi connectivity index (χ2n) is 5.61. The van der Waals surface area contributed by atoms with Crippen molar-refractivity contribution in [1.82, 2.24) is 15.1 Å². The van der Waals surface area contributed by atoms with Crippen molar-refractivity contribution in [1.29, 1.82) is 0 Å². The van der Waals surface area contributed by atoms with Crippen molar-refractivity contribution in [2.75, 3.05) is 4.90 Å². The van der Waals surface area contributed by atoms with Crippen LogP contribution in [0.4, 0.5) is 18.9 Å². The van der Waals surface area contributed by atoms with Crippen molar-refractivity contribution in [2.24, 2.45) is 7.05 Å². The van der Waals surface area contributed by atoms with Crippen LogP contribution < -0.4 is 10.2 Å². The van der Waals surface area contributed by atoms with Gasteiger partial charge in [0, 0.05) is 17.6 Å². The molecule has 6 nitrogen and oxygen atoms in total. The number of hydrogen-bond donors (Lipinski definition) is 1. The molecule has 0 aliphatic carbocycles. The lowest BCUT2D eigenvalue weighted by molar-refractivity contribution is -0.141. The van der Waals surface area contributed by atoms with Crippen LogP contribution in [0.25, 0.3) is 6.08 Å². The molecule has 12 heteroatoms. The molecule has 2 aromatic rings. The number of thiocarbonyl (C=S) groups is 1. The van der Waals surface area contributed by atoms with E-state index in [9.17, 15) is 22.8 Å². The highest BCUT2D eigenvalue weighted by atomic mass is 35.5. The maximum absolute atomic E-state index is 13.2. The molecule has 1 fully saturated rings. The Morgan fingerprint density at radius 2 is 1.79 bits per heavy atom. The van der Waals surface area contributed by atoms with Crippen molar-refractivity contribution in [3.05, 3.63) is 51.3 Å². The van der Waals surface area contributed by atoms with Gasteiger partial charge in [0.1, 0.15) is 10.7 Å². The first-order valence-corrected chi connectivity index (χ1v) is 8.64. The number of carbonyl (C=O) groups is 2. The lowest BCUT2D eigenvalue weighted by Crippen LogP contribution is -2.54. The zero-order chi connectivity index (χ0) is 20.8. The smallest absolute Gasteiger partial charge is 0.298 e. The summed E-state index contributed by atoms with van der Waals surface area (Å²) in [5, 5.41) is 5.39. The van der Waals surface area contributed by atoms with E-state index in [1.54, 1.807) is 0 Å². The van der Waals surface area contributed by atoms with Crippen molar-refractivity contribution in [3.8, 4) is 0 Å². The molecule has 28 heavy (non-hydrogen) atoms. The third kappa shape index (κ3) is 3.62. The number of aryl methyl sites for hydroxylation is 1. The van der Waals surface area contributed by atoms with Crippen molar-refractivity contribution >= 4 is 64.1 Å². The molecule has 0 saturated carbocycles. The molecule has 2 amide bonds. The largest absolute Gasteiger partial charge is 0.435 e. The highest BCUT2D eigenvalue weighted by Gasteiger charge is 2.40. The topological polar surface area (TPSA) is 67.2 Å². The van der Waals surface area contributed by atoms with Crippen LogP contribution in [0.2, 0.25) is 10.2 Å². The number of halogens is 5. The number of anilines is 1. The van der Waals surface area contributed by atoms with Gasteiger partial charge in [-0.3, -0.25) is 24.5 Å². The molecule has 1 aliphatic rings. The summed E-state index contributed by atoms with van der Waals surface area (Å²) >= 11 is 16.7. The average molecular weight is 449 g/mol. The number of benzene rings is 1. The fourth-order valence-corrected chi connectivity index (χ4v) is 3.07. The number of carbonyl (C=O) groups excluding carboxylic acids is 2. The van der Waals surface area contributed by atoms with E-state index in [1.165, 1.54) is 31.3 Å². The van der Waals surface area contributed by atoms with Crippen LogP contribution >= 0.6 is 35.4 Å². The van der Waals surface area contributed by atoms with Gasteiger partial charge in [0.25, 0.3) is 11.8 Å². The SMILES string of the molecule is Cn1nc(C(F)(F)F)c(/C=C2\C(=O)NC(=S)N(c3ccc(Cl)cc3)C2=O)c1Cl. The standard InChI is InChI=1S/C16H9Cl2F3N4O2S/c1-24-12(18)9(11(23-24)16(19,20)21)6-10-13(26)22-15(28)25(14(10)27)8-4-2-7(17)3-5-8/h2-6H,1H3,(H,22,26,28)/b10-6+. The lowest BCUT2D eigenvalue weighted by atomic mass is 10.1. The summed E-state index contributed by atoms with van der Waals surface area (Å²) in [6.45, 7) is 0. The van der Waals surface area contributed by atoms with E-state index in [0.29, 0.717) is 5.02 Å². The first-order chi connectivity index (χ1) is 13.0. The zero-order valence-corrected chi connectivity index (χ0v) is 16.2. The van der Waals surface area contributed by atoms with Gasteiger partial charge in [-0.1, -0.05) is 23.2 Å². The lowest BCUT2D eigenvalue weighted by Gasteiger charge is -2.28. The number of aromatic nitrogens is 2. The maximum atomic E-state index is 13.2. The molecule has 146 valence electrons. The highest BCUT2D eigenvalue weighted by Crippen LogP contribution is 2.36. The van der Waals surface area contributed by atoms with Gasteiger partial charge in [-0.2, -0.15) is 18.3 Å². The number of nitrogens with zero attached hydrogens (tertiary/aromatic N) is 3. The molecule has 1 aliphatic heterocycles. The van der Waals surface area contributed by atoms with E-state index in [-0.39, 0.29) is 16.0 Å². The van der Waals surface area contributed by atoms with Gasteiger partial charge >= 0.3 is 6.18 Å². The van der Waals surface area contributed by atoms with E-state index in [1.807, 2.05) is 0 Å². The average Bonchev–Trinajstić information content (AvgIpc) is 2.88. The Hall–Kier alpha value is -2.43. The molecule has 2 heterocycles. The zero-order valence-electron chi connectivity index (χ0n) is 13.8. The minimum absolute atomic E-state index is 0.220. The van der Waals surface area contributed by atoms with E-state index in [4.69, 9.17) is 35.4 Å². The fourth-order valence-electron chi connectivity index (χ4n) is 2.48. The van der Waals surface area contributed by atoms with Gasteiger partial charge in [-0.05, 0) is 42.6 Å². The van der Waals surface area contributed by atoms with Crippen molar-refractivity contribution in [3.63, 3.8) is 0 Å². The molecule has 3 rings (SSSR count). The number of hydrogen-bond acceptors (Lipinski definition) is 4. The Morgan fingerprint density at radius 3 is 2.36 bits per heavy atom. The number of rotatable bonds is 2. The van der Waals surface area contributed by atoms with E-state index in [0.717, 1.165) is 15.7 Å². The second kappa shape index (κ2) is 7.19. The summed E-state index contributed by atoms with van der Waals surface area (Å²) in [4.78, 5) is 26.1. The molecule has 0 radical (unpaired) electrons. The summed E-state index contributed by atoms with van der Waals surface area (Å²) in [5.74, 6) is -1.86. The van der Waals surface area contributed by atoms with Gasteiger partial charge < -0.3 is 0 Å². The third-order valence-corrected chi connectivity index (χ3v) is 4.74. The van der Waals surface area contributed by atoms with Gasteiger partial charge in [0.2, 0.25) is 0 Å². The Labute approximate surface area is 171 Å². The molecule has 1 aromatic heterocycles. The van der Waals surface area contributed by atoms with E-state index < -0.39 is 34.8 Å². The molecule has 0 unspecified atom stereocenters. The Kier molecular flexibility index (Phi) is 5.22. The normalized spacial score (nSPS) is 16.7. The Balaban J connectivity index is 2.11. The summed E-state index contributed by atoms with van der Waals surface area (Å²) in [6.07, 6.45) is -4.09. The Morgan fingerprint density at radius 1 is 1.18 bits per heavy atom. The van der Waals surface area contributed by atoms with Crippen LogP contribution in [-0.4, -0.2) is 26.7 Å². The molecule has 0 bridgehead atoms. The van der Waals surface area contributed by atoms with Crippen LogP contribution in [0.1, 0.15) is 11.3 Å². The van der Waals surface area contributed by atoms with Crippen molar-refractivity contribution in [2.45, 2.75) is 6.18 Å². The van der Waals surface area contributed by atoms with Crippen LogP contribution in [0.15, 0.2) is 29.8 Å². The summed E-state index contributed by atoms with van der Waals surface area (Å²) in [5.41, 5.74) is -2.22. The summed E-state index contributed by atoms with van der Waals surface area (Å²) in [7, 11) is 1.21. The number of alkyl halides is 3. The third-order valence-electron chi connectivity index (χ3n) is 3.76. The number of amides is 2. The predicted molar refractivity (Wildman–Crippen MR) is 101 cm³/mol. The van der Waals surface area contributed by atoms with Gasteiger partial charge in [-0.25, -0.2) is 0 Å². The molecule has 1 saturated heterocycles. The Bertz CT molecular complexity index is 1030. The van der Waals surface area contributed by atoms with Crippen LogP contribution in [0, 0.1) is 0 Å². The van der Waals surface area contributed by atoms with E-state index in [2.05, 4.69) is 10.4 Å². The number of nitrogens with one attached hydrogen (secondary N) is 1. The minimum atomic E-state index is -4.84.